The first-order valence-corrected chi connectivity index (χ1v) is 10.8. The molecule has 0 saturated carbocycles. The maximum atomic E-state index is 12.5. The van der Waals surface area contributed by atoms with Gasteiger partial charge in [0.2, 0.25) is 5.95 Å². The number of rotatable bonds is 8. The number of nitrogens with zero attached hydrogens (tertiary/aromatic N) is 1. The lowest BCUT2D eigenvalue weighted by molar-refractivity contribution is 0.262. The van der Waals surface area contributed by atoms with Crippen molar-refractivity contribution < 1.29 is 4.79 Å². The number of carbonyl (C=O) groups excluding carboxylic acids is 1. The Bertz CT molecular complexity index is 1170. The van der Waals surface area contributed by atoms with E-state index in [0.29, 0.717) is 39.9 Å². The zero-order valence-electron chi connectivity index (χ0n) is 16.8. The lowest BCUT2D eigenvalue weighted by Crippen LogP contribution is -2.23. The highest BCUT2D eigenvalue weighted by molar-refractivity contribution is 6.44. The Labute approximate surface area is 199 Å². The summed E-state index contributed by atoms with van der Waals surface area (Å²) in [7, 11) is 0. The minimum absolute atomic E-state index is 0.0266. The molecule has 3 aromatic rings. The second kappa shape index (κ2) is 11.3. The molecule has 2 aromatic carbocycles. The predicted octanol–water partition coefficient (Wildman–Crippen LogP) is 4.48. The highest BCUT2D eigenvalue weighted by atomic mass is 35.5. The van der Waals surface area contributed by atoms with E-state index >= 15 is 0 Å². The van der Waals surface area contributed by atoms with E-state index in [4.69, 9.17) is 40.5 Å². The maximum Gasteiger partial charge on any atom is 0.326 e. The summed E-state index contributed by atoms with van der Waals surface area (Å²) < 4.78 is 0. The third-order valence-corrected chi connectivity index (χ3v) is 5.64. The molecule has 0 radical (unpaired) electrons. The monoisotopic (exact) mass is 494 g/mol. The van der Waals surface area contributed by atoms with Gasteiger partial charge < -0.3 is 16.4 Å². The van der Waals surface area contributed by atoms with Crippen LogP contribution in [0.15, 0.2) is 47.4 Å². The van der Waals surface area contributed by atoms with Gasteiger partial charge in [-0.25, -0.2) is 9.78 Å². The van der Waals surface area contributed by atoms with Crippen LogP contribution in [0.4, 0.5) is 16.4 Å². The normalized spacial score (nSPS) is 10.8. The average Bonchev–Trinajstić information content (AvgIpc) is 2.75. The molecule has 1 aromatic heterocycles. The van der Waals surface area contributed by atoms with Crippen molar-refractivity contribution in [3.05, 3.63) is 73.6 Å². The quantitative estimate of drug-likeness (QED) is 0.295. The first kappa shape index (κ1) is 24.0. The van der Waals surface area contributed by atoms with E-state index < -0.39 is 11.6 Å². The topological polar surface area (TPSA) is 125 Å². The number of hydrogen-bond donors (Lipinski definition) is 5. The number of carbonyl (C=O) groups is 1. The molecular weight excluding hydrogens is 475 g/mol. The number of aromatic nitrogens is 2. The summed E-state index contributed by atoms with van der Waals surface area (Å²) in [5.74, 6) is -0.0266. The summed E-state index contributed by atoms with van der Waals surface area (Å²) in [6.45, 7) is 2.02. The van der Waals surface area contributed by atoms with Crippen LogP contribution in [0, 0.1) is 0 Å². The Morgan fingerprint density at radius 3 is 2.62 bits per heavy atom. The van der Waals surface area contributed by atoms with Gasteiger partial charge in [0.15, 0.2) is 0 Å². The van der Waals surface area contributed by atoms with E-state index in [1.165, 1.54) is 6.20 Å². The van der Waals surface area contributed by atoms with Crippen LogP contribution in [0.1, 0.15) is 12.0 Å². The number of nitrogens with one attached hydrogen (secondary N) is 4. The predicted molar refractivity (Wildman–Crippen MR) is 130 cm³/mol. The fourth-order valence-electron chi connectivity index (χ4n) is 2.83. The third-order valence-electron chi connectivity index (χ3n) is 4.47. The standard InChI is InChI=1S/C21H21Cl3N6O2/c22-15-3-1-4-17(18(15)24)28-21(32)30-20-27-11-14(19(31)29-20)12-5-6-13(16(23)9-12)10-26-8-2-7-25/h1,3-6,9,11,26H,2,7-8,10,25H2,(H3,27,28,29,30,31,32). The van der Waals surface area contributed by atoms with E-state index in [1.807, 2.05) is 6.07 Å². The number of anilines is 2. The maximum absolute atomic E-state index is 12.5. The highest BCUT2D eigenvalue weighted by Gasteiger charge is 2.12. The number of amides is 2. The molecule has 168 valence electrons. The van der Waals surface area contributed by atoms with Crippen molar-refractivity contribution in [3.8, 4) is 11.1 Å². The van der Waals surface area contributed by atoms with Crippen LogP contribution in [0.25, 0.3) is 11.1 Å². The molecule has 0 fully saturated rings. The number of H-pyrrole nitrogens is 1. The molecule has 0 aliphatic rings. The molecule has 0 bridgehead atoms. The van der Waals surface area contributed by atoms with Crippen LogP contribution in [-0.4, -0.2) is 29.1 Å². The van der Waals surface area contributed by atoms with Crippen molar-refractivity contribution in [2.45, 2.75) is 13.0 Å². The lowest BCUT2D eigenvalue weighted by Gasteiger charge is -2.10. The number of benzene rings is 2. The molecule has 0 spiro atoms. The van der Waals surface area contributed by atoms with Crippen molar-refractivity contribution >= 4 is 52.5 Å². The summed E-state index contributed by atoms with van der Waals surface area (Å²) in [6, 6.07) is 9.54. The first-order chi connectivity index (χ1) is 15.4. The molecule has 2 amide bonds. The largest absolute Gasteiger partial charge is 0.330 e. The van der Waals surface area contributed by atoms with Gasteiger partial charge in [-0.1, -0.05) is 53.0 Å². The fraction of sp³-hybridized carbons (Fsp3) is 0.190. The second-order valence-corrected chi connectivity index (χ2v) is 7.97. The average molecular weight is 496 g/mol. The summed E-state index contributed by atoms with van der Waals surface area (Å²) in [5.41, 5.74) is 7.20. The second-order valence-electron chi connectivity index (χ2n) is 6.78. The minimum atomic E-state index is -0.639. The Balaban J connectivity index is 1.68. The van der Waals surface area contributed by atoms with Crippen molar-refractivity contribution in [2.24, 2.45) is 5.73 Å². The molecule has 0 atom stereocenters. The molecular formula is C21H21Cl3N6O2. The Morgan fingerprint density at radius 2 is 1.91 bits per heavy atom. The molecule has 11 heteroatoms. The zero-order chi connectivity index (χ0) is 23.1. The molecule has 0 aliphatic carbocycles. The van der Waals surface area contributed by atoms with E-state index in [-0.39, 0.29) is 11.0 Å². The van der Waals surface area contributed by atoms with Crippen LogP contribution in [-0.2, 0) is 6.54 Å². The van der Waals surface area contributed by atoms with E-state index in [0.717, 1.165) is 18.5 Å². The third kappa shape index (κ3) is 6.21. The number of nitrogens with two attached hydrogens (primary N) is 1. The summed E-state index contributed by atoms with van der Waals surface area (Å²) in [6.07, 6.45) is 2.24. The SMILES string of the molecule is NCCCNCc1ccc(-c2cnc(NC(=O)Nc3cccc(Cl)c3Cl)[nH]c2=O)cc1Cl. The van der Waals surface area contributed by atoms with Gasteiger partial charge in [0, 0.05) is 17.8 Å². The molecule has 0 unspecified atom stereocenters. The van der Waals surface area contributed by atoms with Crippen LogP contribution >= 0.6 is 34.8 Å². The van der Waals surface area contributed by atoms with Gasteiger partial charge in [-0.2, -0.15) is 0 Å². The molecule has 1 heterocycles. The molecule has 0 saturated heterocycles. The highest BCUT2D eigenvalue weighted by Crippen LogP contribution is 2.29. The number of halogens is 3. The van der Waals surface area contributed by atoms with Crippen LogP contribution in [0.2, 0.25) is 15.1 Å². The summed E-state index contributed by atoms with van der Waals surface area (Å²) >= 11 is 18.3. The Kier molecular flexibility index (Phi) is 8.49. The van der Waals surface area contributed by atoms with Gasteiger partial charge in [0.25, 0.3) is 5.56 Å². The molecule has 32 heavy (non-hydrogen) atoms. The van der Waals surface area contributed by atoms with Crippen LogP contribution in [0.5, 0.6) is 0 Å². The Hall–Kier alpha value is -2.62. The summed E-state index contributed by atoms with van der Waals surface area (Å²) in [5, 5.41) is 9.29. The number of hydrogen-bond acceptors (Lipinski definition) is 5. The number of urea groups is 1. The van der Waals surface area contributed by atoms with Gasteiger partial charge in [-0.05, 0) is 48.8 Å². The zero-order valence-corrected chi connectivity index (χ0v) is 19.1. The van der Waals surface area contributed by atoms with Crippen molar-refractivity contribution in [1.29, 1.82) is 0 Å². The van der Waals surface area contributed by atoms with Gasteiger partial charge >= 0.3 is 6.03 Å². The van der Waals surface area contributed by atoms with Gasteiger partial charge in [-0.15, -0.1) is 0 Å². The van der Waals surface area contributed by atoms with Gasteiger partial charge in [0.1, 0.15) is 0 Å². The van der Waals surface area contributed by atoms with Gasteiger partial charge in [0.05, 0.1) is 21.3 Å². The van der Waals surface area contributed by atoms with Crippen molar-refractivity contribution in [2.75, 3.05) is 23.7 Å². The Morgan fingerprint density at radius 1 is 1.09 bits per heavy atom. The molecule has 3 rings (SSSR count). The van der Waals surface area contributed by atoms with E-state index in [2.05, 4.69) is 25.9 Å². The van der Waals surface area contributed by atoms with E-state index in [1.54, 1.807) is 30.3 Å². The van der Waals surface area contributed by atoms with Crippen molar-refractivity contribution in [3.63, 3.8) is 0 Å². The molecule has 0 aliphatic heterocycles. The lowest BCUT2D eigenvalue weighted by atomic mass is 10.1. The first-order valence-electron chi connectivity index (χ1n) is 9.70. The number of aromatic amines is 1. The minimum Gasteiger partial charge on any atom is -0.330 e. The van der Waals surface area contributed by atoms with Gasteiger partial charge in [-0.3, -0.25) is 15.1 Å². The van der Waals surface area contributed by atoms with Crippen LogP contribution < -0.4 is 27.2 Å². The van der Waals surface area contributed by atoms with Crippen molar-refractivity contribution in [1.82, 2.24) is 15.3 Å². The molecule has 6 N–H and O–H groups in total. The smallest absolute Gasteiger partial charge is 0.326 e. The molecule has 8 nitrogen and oxygen atoms in total. The van der Waals surface area contributed by atoms with Crippen LogP contribution in [0.3, 0.4) is 0 Å². The fourth-order valence-corrected chi connectivity index (χ4v) is 3.43. The van der Waals surface area contributed by atoms with E-state index in [9.17, 15) is 9.59 Å². The summed E-state index contributed by atoms with van der Waals surface area (Å²) in [4.78, 5) is 31.4.